The van der Waals surface area contributed by atoms with Gasteiger partial charge in [0.1, 0.15) is 5.82 Å². The van der Waals surface area contributed by atoms with Crippen LogP contribution in [0.4, 0.5) is 11.5 Å². The number of carbonyl (C=O) groups is 1. The highest BCUT2D eigenvalue weighted by molar-refractivity contribution is 8.00. The van der Waals surface area contributed by atoms with Crippen LogP contribution in [0.25, 0.3) is 11.3 Å². The number of hydrogen-bond acceptors (Lipinski definition) is 5. The van der Waals surface area contributed by atoms with Crippen molar-refractivity contribution in [2.45, 2.75) is 4.90 Å². The van der Waals surface area contributed by atoms with E-state index in [0.29, 0.717) is 11.6 Å². The molecule has 0 atom stereocenters. The van der Waals surface area contributed by atoms with Gasteiger partial charge in [0.05, 0.1) is 17.1 Å². The summed E-state index contributed by atoms with van der Waals surface area (Å²) in [4.78, 5) is 12.4. The fourth-order valence-corrected chi connectivity index (χ4v) is 2.53. The van der Waals surface area contributed by atoms with Crippen LogP contribution in [0.15, 0.2) is 35.2 Å². The summed E-state index contributed by atoms with van der Waals surface area (Å²) in [6.07, 6.45) is 0. The number of rotatable bonds is 1. The van der Waals surface area contributed by atoms with E-state index < -0.39 is 0 Å². The van der Waals surface area contributed by atoms with Gasteiger partial charge in [-0.2, -0.15) is 0 Å². The van der Waals surface area contributed by atoms with Crippen LogP contribution in [0.2, 0.25) is 0 Å². The minimum atomic E-state index is 0.0213. The number of nitrogen functional groups attached to an aromatic ring is 1. The predicted molar refractivity (Wildman–Crippen MR) is 71.2 cm³/mol. The molecule has 1 aliphatic rings. The first kappa shape index (κ1) is 11.0. The molecule has 0 fully saturated rings. The van der Waals surface area contributed by atoms with E-state index in [2.05, 4.69) is 15.5 Å². The van der Waals surface area contributed by atoms with Crippen molar-refractivity contribution in [2.24, 2.45) is 0 Å². The number of nitrogens with two attached hydrogens (primary N) is 1. The largest absolute Gasteiger partial charge is 0.382 e. The van der Waals surface area contributed by atoms with E-state index in [0.717, 1.165) is 21.8 Å². The van der Waals surface area contributed by atoms with Crippen molar-refractivity contribution < 1.29 is 4.79 Å². The van der Waals surface area contributed by atoms with Crippen LogP contribution in [0.5, 0.6) is 0 Å². The molecular weight excluding hydrogens is 248 g/mol. The van der Waals surface area contributed by atoms with Crippen molar-refractivity contribution in [1.29, 1.82) is 0 Å². The Balaban J connectivity index is 2.01. The number of fused-ring (bicyclic) bond motifs is 1. The highest BCUT2D eigenvalue weighted by atomic mass is 32.2. The molecule has 0 radical (unpaired) electrons. The van der Waals surface area contributed by atoms with Crippen molar-refractivity contribution in [1.82, 2.24) is 10.2 Å². The molecule has 1 aliphatic heterocycles. The molecule has 1 aromatic carbocycles. The highest BCUT2D eigenvalue weighted by Crippen LogP contribution is 2.34. The zero-order valence-electron chi connectivity index (χ0n) is 9.38. The predicted octanol–water partition coefficient (Wildman–Crippen LogP) is 1.77. The second-order valence-corrected chi connectivity index (χ2v) is 4.91. The lowest BCUT2D eigenvalue weighted by atomic mass is 10.1. The molecule has 3 rings (SSSR count). The number of thioether (sulfide) groups is 1. The molecule has 90 valence electrons. The quantitative estimate of drug-likeness (QED) is 0.814. The van der Waals surface area contributed by atoms with Crippen LogP contribution in [-0.4, -0.2) is 21.9 Å². The number of anilines is 2. The van der Waals surface area contributed by atoms with Gasteiger partial charge >= 0.3 is 0 Å². The maximum atomic E-state index is 11.3. The molecule has 0 bridgehead atoms. The summed E-state index contributed by atoms with van der Waals surface area (Å²) >= 11 is 1.54. The molecule has 2 heterocycles. The van der Waals surface area contributed by atoms with Gasteiger partial charge in [0.15, 0.2) is 0 Å². The monoisotopic (exact) mass is 258 g/mol. The molecule has 0 aliphatic carbocycles. The first-order chi connectivity index (χ1) is 8.72. The van der Waals surface area contributed by atoms with Gasteiger partial charge in [-0.25, -0.2) is 0 Å². The second kappa shape index (κ2) is 4.30. The van der Waals surface area contributed by atoms with Crippen molar-refractivity contribution in [3.63, 3.8) is 0 Å². The fourth-order valence-electron chi connectivity index (χ4n) is 1.74. The van der Waals surface area contributed by atoms with Gasteiger partial charge in [0.25, 0.3) is 0 Å². The molecule has 18 heavy (non-hydrogen) atoms. The topological polar surface area (TPSA) is 80.9 Å². The van der Waals surface area contributed by atoms with E-state index in [1.165, 1.54) is 11.8 Å². The van der Waals surface area contributed by atoms with Crippen molar-refractivity contribution >= 4 is 29.2 Å². The maximum absolute atomic E-state index is 11.3. The first-order valence-corrected chi connectivity index (χ1v) is 6.37. The second-order valence-electron chi connectivity index (χ2n) is 3.89. The number of benzene rings is 1. The Morgan fingerprint density at radius 1 is 1.22 bits per heavy atom. The summed E-state index contributed by atoms with van der Waals surface area (Å²) in [5, 5.41) is 10.7. The van der Waals surface area contributed by atoms with Gasteiger partial charge in [-0.05, 0) is 24.3 Å². The van der Waals surface area contributed by atoms with Gasteiger partial charge in [-0.1, -0.05) is 6.07 Å². The lowest BCUT2D eigenvalue weighted by molar-refractivity contribution is -0.113. The number of nitrogens with zero attached hydrogens (tertiary/aromatic N) is 2. The third-order valence-electron chi connectivity index (χ3n) is 2.59. The van der Waals surface area contributed by atoms with Gasteiger partial charge in [-0.15, -0.1) is 22.0 Å². The lowest BCUT2D eigenvalue weighted by Crippen LogP contribution is -2.18. The Hall–Kier alpha value is -2.08. The Bertz CT molecular complexity index is 612. The Kier molecular flexibility index (Phi) is 2.64. The Labute approximate surface area is 108 Å². The molecule has 3 N–H and O–H groups in total. The van der Waals surface area contributed by atoms with Gasteiger partial charge in [-0.3, -0.25) is 4.79 Å². The van der Waals surface area contributed by atoms with Crippen LogP contribution in [0.1, 0.15) is 0 Å². The number of hydrogen-bond donors (Lipinski definition) is 2. The maximum Gasteiger partial charge on any atom is 0.234 e. The molecule has 1 aromatic heterocycles. The first-order valence-electron chi connectivity index (χ1n) is 5.39. The van der Waals surface area contributed by atoms with Crippen LogP contribution in [0, 0.1) is 0 Å². The Morgan fingerprint density at radius 2 is 2.11 bits per heavy atom. The molecule has 0 unspecified atom stereocenters. The summed E-state index contributed by atoms with van der Waals surface area (Å²) in [6.45, 7) is 0. The van der Waals surface area contributed by atoms with Crippen molar-refractivity contribution in [3.8, 4) is 11.3 Å². The number of nitrogens with one attached hydrogen (secondary N) is 1. The minimum Gasteiger partial charge on any atom is -0.382 e. The van der Waals surface area contributed by atoms with Gasteiger partial charge < -0.3 is 11.1 Å². The molecule has 0 saturated heterocycles. The van der Waals surface area contributed by atoms with Crippen molar-refractivity contribution in [2.75, 3.05) is 16.8 Å². The summed E-state index contributed by atoms with van der Waals surface area (Å²) < 4.78 is 0. The minimum absolute atomic E-state index is 0.0213. The number of aromatic nitrogens is 2. The SMILES string of the molecule is Nc1ccc(-c2ccc3c(c2)NC(=O)CS3)nn1. The van der Waals surface area contributed by atoms with Gasteiger partial charge in [0.2, 0.25) is 5.91 Å². The smallest absolute Gasteiger partial charge is 0.234 e. The molecular formula is C12H10N4OS. The van der Waals surface area contributed by atoms with E-state index in [1.807, 2.05) is 24.3 Å². The van der Waals surface area contributed by atoms with E-state index in [4.69, 9.17) is 5.73 Å². The highest BCUT2D eigenvalue weighted by Gasteiger charge is 2.16. The number of amides is 1. The molecule has 1 amide bonds. The van der Waals surface area contributed by atoms with E-state index in [-0.39, 0.29) is 5.91 Å². The molecule has 5 nitrogen and oxygen atoms in total. The summed E-state index contributed by atoms with van der Waals surface area (Å²) in [5.74, 6) is 0.877. The molecule has 2 aromatic rings. The average Bonchev–Trinajstić information content (AvgIpc) is 2.38. The standard InChI is InChI=1S/C12H10N4OS/c13-11-4-2-8(15-16-11)7-1-3-10-9(5-7)14-12(17)6-18-10/h1-5H,6H2,(H2,13,16)(H,14,17). The summed E-state index contributed by atoms with van der Waals surface area (Å²) in [6, 6.07) is 9.35. The third-order valence-corrected chi connectivity index (χ3v) is 3.67. The average molecular weight is 258 g/mol. The molecule has 6 heteroatoms. The summed E-state index contributed by atoms with van der Waals surface area (Å²) in [5.41, 5.74) is 7.97. The zero-order valence-corrected chi connectivity index (χ0v) is 10.2. The third kappa shape index (κ3) is 2.02. The Morgan fingerprint density at radius 3 is 2.89 bits per heavy atom. The van der Waals surface area contributed by atoms with E-state index >= 15 is 0 Å². The van der Waals surface area contributed by atoms with E-state index in [1.54, 1.807) is 6.07 Å². The lowest BCUT2D eigenvalue weighted by Gasteiger charge is -2.16. The number of carbonyl (C=O) groups excluding carboxylic acids is 1. The molecule has 0 spiro atoms. The van der Waals surface area contributed by atoms with Crippen LogP contribution >= 0.6 is 11.8 Å². The van der Waals surface area contributed by atoms with Crippen LogP contribution in [-0.2, 0) is 4.79 Å². The zero-order chi connectivity index (χ0) is 12.5. The molecule has 0 saturated carbocycles. The van der Waals surface area contributed by atoms with Gasteiger partial charge in [0, 0.05) is 10.5 Å². The fraction of sp³-hybridized carbons (Fsp3) is 0.0833. The van der Waals surface area contributed by atoms with Crippen LogP contribution < -0.4 is 11.1 Å². The van der Waals surface area contributed by atoms with E-state index in [9.17, 15) is 4.79 Å². The van der Waals surface area contributed by atoms with Crippen molar-refractivity contribution in [3.05, 3.63) is 30.3 Å². The summed E-state index contributed by atoms with van der Waals surface area (Å²) in [7, 11) is 0. The normalized spacial score (nSPS) is 13.9. The van der Waals surface area contributed by atoms with Crippen LogP contribution in [0.3, 0.4) is 0 Å².